The summed E-state index contributed by atoms with van der Waals surface area (Å²) < 4.78 is 5.38. The Bertz CT molecular complexity index is 649. The number of hydrogen-bond donors (Lipinski definition) is 0. The topological polar surface area (TPSA) is 78.2 Å². The van der Waals surface area contributed by atoms with Gasteiger partial charge in [-0.3, -0.25) is 10.1 Å². The quantitative estimate of drug-likeness (QED) is 0.636. The summed E-state index contributed by atoms with van der Waals surface area (Å²) in [5.41, 5.74) is 0.583. The van der Waals surface area contributed by atoms with Crippen LogP contribution in [0, 0.1) is 17.0 Å². The van der Waals surface area contributed by atoms with Gasteiger partial charge in [-0.15, -0.1) is 10.2 Å². The third-order valence-corrected chi connectivity index (χ3v) is 2.66. The molecule has 0 fully saturated rings. The molecule has 1 heterocycles. The van der Waals surface area contributed by atoms with Crippen molar-refractivity contribution in [3.05, 3.63) is 50.2 Å². The van der Waals surface area contributed by atoms with E-state index >= 15 is 0 Å². The van der Waals surface area contributed by atoms with Gasteiger partial charge in [-0.05, 0) is 18.6 Å². The van der Waals surface area contributed by atoms with E-state index < -0.39 is 4.92 Å². The molecule has 6 nitrogen and oxygen atoms in total. The molecule has 0 saturated carbocycles. The highest BCUT2D eigenvalue weighted by molar-refractivity contribution is 6.32. The molecule has 2 rings (SSSR count). The summed E-state index contributed by atoms with van der Waals surface area (Å²) in [7, 11) is 0. The first-order valence-electron chi connectivity index (χ1n) is 5.09. The van der Waals surface area contributed by atoms with Gasteiger partial charge in [0.25, 0.3) is 0 Å². The molecule has 0 saturated heterocycles. The third kappa shape index (κ3) is 3.10. The summed E-state index contributed by atoms with van der Waals surface area (Å²) in [6.07, 6.45) is 0. The van der Waals surface area contributed by atoms with Crippen LogP contribution in [0.15, 0.2) is 24.3 Å². The summed E-state index contributed by atoms with van der Waals surface area (Å²) in [5.74, 6) is 0.162. The molecule has 0 amide bonds. The Morgan fingerprint density at radius 2 is 1.95 bits per heavy atom. The van der Waals surface area contributed by atoms with Gasteiger partial charge in [-0.1, -0.05) is 29.3 Å². The van der Waals surface area contributed by atoms with Crippen molar-refractivity contribution in [1.82, 2.24) is 10.2 Å². The number of rotatable bonds is 3. The fourth-order valence-corrected chi connectivity index (χ4v) is 1.65. The van der Waals surface area contributed by atoms with Crippen molar-refractivity contribution in [2.45, 2.75) is 6.92 Å². The van der Waals surface area contributed by atoms with E-state index in [0.29, 0.717) is 0 Å². The zero-order valence-corrected chi connectivity index (χ0v) is 11.1. The van der Waals surface area contributed by atoms with Crippen LogP contribution in [0.4, 0.5) is 5.69 Å². The van der Waals surface area contributed by atoms with Gasteiger partial charge in [0.05, 0.1) is 4.92 Å². The predicted molar refractivity (Wildman–Crippen MR) is 70.0 cm³/mol. The van der Waals surface area contributed by atoms with Crippen LogP contribution < -0.4 is 4.74 Å². The summed E-state index contributed by atoms with van der Waals surface area (Å²) in [6.45, 7) is 1.74. The fourth-order valence-electron chi connectivity index (χ4n) is 1.38. The number of hydrogen-bond acceptors (Lipinski definition) is 5. The SMILES string of the molecule is Cc1ccc(Oc2cc(Cl)nnc2Cl)c([N+](=O)[O-])c1. The predicted octanol–water partition coefficient (Wildman–Crippen LogP) is 3.79. The maximum atomic E-state index is 11.0. The molecule has 1 aromatic heterocycles. The maximum absolute atomic E-state index is 11.0. The molecule has 0 unspecified atom stereocenters. The number of halogens is 2. The lowest BCUT2D eigenvalue weighted by Gasteiger charge is -2.07. The Balaban J connectivity index is 2.43. The van der Waals surface area contributed by atoms with Gasteiger partial charge in [0.2, 0.25) is 5.75 Å². The summed E-state index contributed by atoms with van der Waals surface area (Å²) in [6, 6.07) is 5.91. The molecule has 8 heteroatoms. The molecule has 0 aliphatic carbocycles. The smallest absolute Gasteiger partial charge is 0.311 e. The van der Waals surface area contributed by atoms with Crippen molar-refractivity contribution in [3.63, 3.8) is 0 Å². The van der Waals surface area contributed by atoms with Gasteiger partial charge < -0.3 is 4.74 Å². The van der Waals surface area contributed by atoms with Gasteiger partial charge in [-0.2, -0.15) is 0 Å². The van der Waals surface area contributed by atoms with E-state index in [1.807, 2.05) is 0 Å². The number of aromatic nitrogens is 2. The number of ether oxygens (including phenoxy) is 1. The van der Waals surface area contributed by atoms with Crippen molar-refractivity contribution < 1.29 is 9.66 Å². The molecule has 0 aliphatic rings. The Morgan fingerprint density at radius 1 is 1.21 bits per heavy atom. The lowest BCUT2D eigenvalue weighted by Crippen LogP contribution is -1.96. The number of aryl methyl sites for hydroxylation is 1. The first kappa shape index (κ1) is 13.5. The Labute approximate surface area is 118 Å². The molecule has 19 heavy (non-hydrogen) atoms. The van der Waals surface area contributed by atoms with Gasteiger partial charge in [0.15, 0.2) is 16.1 Å². The molecular formula is C11H7Cl2N3O3. The van der Waals surface area contributed by atoms with E-state index in [0.717, 1.165) is 5.56 Å². The van der Waals surface area contributed by atoms with E-state index in [1.54, 1.807) is 13.0 Å². The van der Waals surface area contributed by atoms with Crippen molar-refractivity contribution >= 4 is 28.9 Å². The summed E-state index contributed by atoms with van der Waals surface area (Å²) in [4.78, 5) is 10.4. The average Bonchev–Trinajstić information content (AvgIpc) is 2.35. The van der Waals surface area contributed by atoms with Crippen molar-refractivity contribution in [2.75, 3.05) is 0 Å². The van der Waals surface area contributed by atoms with Crippen LogP contribution in [0.5, 0.6) is 11.5 Å². The van der Waals surface area contributed by atoms with Crippen molar-refractivity contribution in [3.8, 4) is 11.5 Å². The molecule has 0 N–H and O–H groups in total. The van der Waals surface area contributed by atoms with Gasteiger partial charge in [-0.25, -0.2) is 0 Å². The van der Waals surface area contributed by atoms with Crippen LogP contribution in [0.2, 0.25) is 10.3 Å². The van der Waals surface area contributed by atoms with E-state index in [4.69, 9.17) is 27.9 Å². The van der Waals surface area contributed by atoms with Crippen LogP contribution in [0.1, 0.15) is 5.56 Å². The number of nitro benzene ring substituents is 1. The Morgan fingerprint density at radius 3 is 2.63 bits per heavy atom. The first-order chi connectivity index (χ1) is 8.97. The molecule has 1 aromatic carbocycles. The van der Waals surface area contributed by atoms with Gasteiger partial charge in [0, 0.05) is 12.1 Å². The summed E-state index contributed by atoms with van der Waals surface area (Å²) >= 11 is 11.4. The van der Waals surface area contributed by atoms with Gasteiger partial charge >= 0.3 is 5.69 Å². The molecule has 0 aliphatic heterocycles. The standard InChI is InChI=1S/C11H7Cl2N3O3/c1-6-2-3-8(7(4-6)16(17)18)19-9-5-10(12)14-15-11(9)13/h2-5H,1H3. The Hall–Kier alpha value is -1.92. The molecular weight excluding hydrogens is 293 g/mol. The molecule has 0 atom stereocenters. The van der Waals surface area contributed by atoms with E-state index in [2.05, 4.69) is 10.2 Å². The van der Waals surface area contributed by atoms with Gasteiger partial charge in [0.1, 0.15) is 0 Å². The van der Waals surface area contributed by atoms with Crippen LogP contribution in [0.25, 0.3) is 0 Å². The third-order valence-electron chi connectivity index (χ3n) is 2.22. The van der Waals surface area contributed by atoms with Crippen molar-refractivity contribution in [1.29, 1.82) is 0 Å². The minimum Gasteiger partial charge on any atom is -0.447 e. The normalized spacial score (nSPS) is 10.3. The van der Waals surface area contributed by atoms with E-state index in [1.165, 1.54) is 18.2 Å². The maximum Gasteiger partial charge on any atom is 0.311 e. The van der Waals surface area contributed by atoms with Crippen LogP contribution in [-0.4, -0.2) is 15.1 Å². The average molecular weight is 300 g/mol. The second-order valence-corrected chi connectivity index (χ2v) is 4.40. The molecule has 0 spiro atoms. The minimum absolute atomic E-state index is 0.0285. The van der Waals surface area contributed by atoms with Crippen molar-refractivity contribution in [2.24, 2.45) is 0 Å². The zero-order chi connectivity index (χ0) is 14.0. The molecule has 0 radical (unpaired) electrons. The Kier molecular flexibility index (Phi) is 3.82. The largest absolute Gasteiger partial charge is 0.447 e. The van der Waals surface area contributed by atoms with Crippen LogP contribution in [-0.2, 0) is 0 Å². The number of nitrogens with zero attached hydrogens (tertiary/aromatic N) is 3. The molecule has 2 aromatic rings. The monoisotopic (exact) mass is 299 g/mol. The molecule has 0 bridgehead atoms. The lowest BCUT2D eigenvalue weighted by molar-refractivity contribution is -0.385. The highest BCUT2D eigenvalue weighted by Crippen LogP contribution is 2.35. The summed E-state index contributed by atoms with van der Waals surface area (Å²) in [5, 5.41) is 18.1. The highest BCUT2D eigenvalue weighted by atomic mass is 35.5. The first-order valence-corrected chi connectivity index (χ1v) is 5.84. The highest BCUT2D eigenvalue weighted by Gasteiger charge is 2.17. The molecule has 98 valence electrons. The zero-order valence-electron chi connectivity index (χ0n) is 9.63. The second kappa shape index (κ2) is 5.38. The van der Waals surface area contributed by atoms with E-state index in [-0.39, 0.29) is 27.5 Å². The minimum atomic E-state index is -0.535. The lowest BCUT2D eigenvalue weighted by atomic mass is 10.2. The van der Waals surface area contributed by atoms with E-state index in [9.17, 15) is 10.1 Å². The number of nitro groups is 1. The number of benzene rings is 1. The van der Waals surface area contributed by atoms with Crippen LogP contribution >= 0.6 is 23.2 Å². The fraction of sp³-hybridized carbons (Fsp3) is 0.0909. The second-order valence-electron chi connectivity index (χ2n) is 3.65. The van der Waals surface area contributed by atoms with Crippen LogP contribution in [0.3, 0.4) is 0 Å².